The third kappa shape index (κ3) is 2.36. The van der Waals surface area contributed by atoms with E-state index in [1.54, 1.807) is 4.57 Å². The van der Waals surface area contributed by atoms with Crippen molar-refractivity contribution >= 4 is 35.5 Å². The number of fused-ring (bicyclic) bond motifs is 2. The van der Waals surface area contributed by atoms with Crippen molar-refractivity contribution in [1.82, 2.24) is 19.5 Å². The monoisotopic (exact) mass is 373 g/mol. The van der Waals surface area contributed by atoms with Crippen LogP contribution in [0.4, 0.5) is 5.82 Å². The third-order valence-corrected chi connectivity index (χ3v) is 6.65. The number of aliphatic hydroxyl groups is 1. The lowest BCUT2D eigenvalue weighted by Crippen LogP contribution is -2.43. The SMILES string of the molecule is COP1(=S)OC(C)[C@H]2O[C@@H](n3cnc4c(N)ncnc43)[C@H](O)[C@@H]2O1. The van der Waals surface area contributed by atoms with E-state index in [-0.39, 0.29) is 11.9 Å². The molecule has 0 spiro atoms. The van der Waals surface area contributed by atoms with E-state index in [9.17, 15) is 5.11 Å². The summed E-state index contributed by atoms with van der Waals surface area (Å²) in [5.74, 6) is 0.256. The van der Waals surface area contributed by atoms with Gasteiger partial charge in [0.1, 0.15) is 30.2 Å². The maximum absolute atomic E-state index is 10.7. The highest BCUT2D eigenvalue weighted by molar-refractivity contribution is 8.07. The Hall–Kier alpha value is -1.20. The first-order valence-corrected chi connectivity index (χ1v) is 9.78. The largest absolute Gasteiger partial charge is 0.386 e. The second-order valence-electron chi connectivity index (χ2n) is 5.58. The molecule has 24 heavy (non-hydrogen) atoms. The molecule has 2 aliphatic heterocycles. The summed E-state index contributed by atoms with van der Waals surface area (Å²) >= 11 is 5.26. The van der Waals surface area contributed by atoms with Crippen LogP contribution in [0.5, 0.6) is 0 Å². The molecule has 0 amide bonds. The zero-order chi connectivity index (χ0) is 17.1. The van der Waals surface area contributed by atoms with Crippen LogP contribution >= 0.6 is 6.72 Å². The van der Waals surface area contributed by atoms with Crippen molar-refractivity contribution in [2.75, 3.05) is 12.8 Å². The highest BCUT2D eigenvalue weighted by atomic mass is 32.5. The molecular formula is C12H16N5O5PS. The number of hydrogen-bond acceptors (Lipinski definition) is 10. The van der Waals surface area contributed by atoms with Crippen LogP contribution in [0.25, 0.3) is 11.2 Å². The maximum atomic E-state index is 10.7. The van der Waals surface area contributed by atoms with Gasteiger partial charge in [0.05, 0.1) is 12.4 Å². The summed E-state index contributed by atoms with van der Waals surface area (Å²) in [6.45, 7) is -1.09. The van der Waals surface area contributed by atoms with Crippen molar-refractivity contribution in [3.05, 3.63) is 12.7 Å². The molecule has 2 saturated heterocycles. The van der Waals surface area contributed by atoms with Crippen LogP contribution in [-0.4, -0.2) is 56.2 Å². The molecule has 0 radical (unpaired) electrons. The number of aliphatic hydroxyl groups excluding tert-OH is 1. The summed E-state index contributed by atoms with van der Waals surface area (Å²) in [5.41, 5.74) is 6.70. The lowest BCUT2D eigenvalue weighted by molar-refractivity contribution is -0.0922. The van der Waals surface area contributed by atoms with Crippen molar-refractivity contribution in [3.63, 3.8) is 0 Å². The van der Waals surface area contributed by atoms with Crippen molar-refractivity contribution in [1.29, 1.82) is 0 Å². The second-order valence-corrected chi connectivity index (χ2v) is 8.60. The van der Waals surface area contributed by atoms with E-state index in [1.807, 2.05) is 6.92 Å². The van der Waals surface area contributed by atoms with E-state index < -0.39 is 31.3 Å². The number of ether oxygens (including phenoxy) is 1. The van der Waals surface area contributed by atoms with Gasteiger partial charge in [0.25, 0.3) is 0 Å². The van der Waals surface area contributed by atoms with Gasteiger partial charge in [-0.3, -0.25) is 9.09 Å². The van der Waals surface area contributed by atoms with Gasteiger partial charge >= 0.3 is 6.72 Å². The number of imidazole rings is 1. The predicted octanol–water partition coefficient (Wildman–Crippen LogP) is 0.342. The Labute approximate surface area is 142 Å². The minimum absolute atomic E-state index is 0.256. The summed E-state index contributed by atoms with van der Waals surface area (Å²) in [5, 5.41) is 10.7. The summed E-state index contributed by atoms with van der Waals surface area (Å²) in [6, 6.07) is 0. The van der Waals surface area contributed by atoms with E-state index in [4.69, 9.17) is 35.8 Å². The first kappa shape index (κ1) is 16.3. The molecule has 10 nitrogen and oxygen atoms in total. The Morgan fingerprint density at radius 3 is 2.88 bits per heavy atom. The smallest absolute Gasteiger partial charge is 0.327 e. The van der Waals surface area contributed by atoms with Gasteiger partial charge in [-0.25, -0.2) is 15.0 Å². The van der Waals surface area contributed by atoms with Crippen LogP contribution in [0.2, 0.25) is 0 Å². The number of anilines is 1. The molecule has 0 aliphatic carbocycles. The first-order chi connectivity index (χ1) is 11.4. The van der Waals surface area contributed by atoms with E-state index >= 15 is 0 Å². The van der Waals surface area contributed by atoms with E-state index in [0.29, 0.717) is 11.2 Å². The molecule has 12 heteroatoms. The first-order valence-electron chi connectivity index (χ1n) is 7.22. The molecule has 130 valence electrons. The van der Waals surface area contributed by atoms with E-state index in [0.717, 1.165) is 0 Å². The fraction of sp³-hybridized carbons (Fsp3) is 0.583. The number of rotatable bonds is 2. The maximum Gasteiger partial charge on any atom is 0.327 e. The van der Waals surface area contributed by atoms with Gasteiger partial charge in [0, 0.05) is 7.11 Å². The topological polar surface area (TPSA) is 127 Å². The molecule has 2 fully saturated rings. The third-order valence-electron chi connectivity index (χ3n) is 4.14. The summed E-state index contributed by atoms with van der Waals surface area (Å²) in [6.07, 6.45) is -0.468. The van der Waals surface area contributed by atoms with Crippen LogP contribution in [0.1, 0.15) is 13.2 Å². The molecule has 2 aromatic rings. The number of hydrogen-bond donors (Lipinski definition) is 2. The summed E-state index contributed by atoms with van der Waals surface area (Å²) in [7, 11) is 1.43. The van der Waals surface area contributed by atoms with E-state index in [2.05, 4.69) is 15.0 Å². The van der Waals surface area contributed by atoms with E-state index in [1.165, 1.54) is 19.8 Å². The zero-order valence-electron chi connectivity index (χ0n) is 12.8. The van der Waals surface area contributed by atoms with Crippen LogP contribution in [0, 0.1) is 0 Å². The van der Waals surface area contributed by atoms with Crippen LogP contribution in [0.3, 0.4) is 0 Å². The lowest BCUT2D eigenvalue weighted by Gasteiger charge is -2.36. The molecule has 2 aromatic heterocycles. The van der Waals surface area contributed by atoms with Gasteiger partial charge in [-0.05, 0) is 18.7 Å². The molecule has 4 heterocycles. The Morgan fingerprint density at radius 1 is 1.33 bits per heavy atom. The molecule has 6 atom stereocenters. The van der Waals surface area contributed by atoms with Gasteiger partial charge in [-0.1, -0.05) is 0 Å². The summed E-state index contributed by atoms with van der Waals surface area (Å²) in [4.78, 5) is 12.3. The normalized spacial score (nSPS) is 39.2. The predicted molar refractivity (Wildman–Crippen MR) is 86.4 cm³/mol. The molecule has 2 unspecified atom stereocenters. The Balaban J connectivity index is 1.71. The average Bonchev–Trinajstić information content (AvgIpc) is 3.11. The number of nitrogen functional groups attached to an aromatic ring is 1. The molecule has 2 aliphatic rings. The molecule has 3 N–H and O–H groups in total. The second kappa shape index (κ2) is 5.67. The zero-order valence-corrected chi connectivity index (χ0v) is 14.6. The van der Waals surface area contributed by atoms with Gasteiger partial charge in [0.15, 0.2) is 17.7 Å². The molecule has 0 aromatic carbocycles. The van der Waals surface area contributed by atoms with Gasteiger partial charge < -0.3 is 24.6 Å². The number of nitrogens with zero attached hydrogens (tertiary/aromatic N) is 4. The van der Waals surface area contributed by atoms with Crippen LogP contribution < -0.4 is 5.73 Å². The fourth-order valence-electron chi connectivity index (χ4n) is 2.99. The average molecular weight is 373 g/mol. The Morgan fingerprint density at radius 2 is 2.12 bits per heavy atom. The minimum Gasteiger partial charge on any atom is -0.386 e. The summed E-state index contributed by atoms with van der Waals surface area (Å²) < 4.78 is 24.1. The molecule has 0 saturated carbocycles. The van der Waals surface area contributed by atoms with Gasteiger partial charge in [0.2, 0.25) is 0 Å². The Kier molecular flexibility index (Phi) is 3.84. The van der Waals surface area contributed by atoms with Crippen molar-refractivity contribution in [2.45, 2.75) is 37.6 Å². The number of aromatic nitrogens is 4. The van der Waals surface area contributed by atoms with Gasteiger partial charge in [-0.15, -0.1) is 0 Å². The highest BCUT2D eigenvalue weighted by Gasteiger charge is 2.54. The fourth-order valence-corrected chi connectivity index (χ4v) is 4.98. The molecule has 0 bridgehead atoms. The quantitative estimate of drug-likeness (QED) is 0.712. The minimum atomic E-state index is -2.89. The number of nitrogens with two attached hydrogens (primary N) is 1. The Bertz CT molecular complexity index is 833. The van der Waals surface area contributed by atoms with Gasteiger partial charge in [-0.2, -0.15) is 0 Å². The molecule has 4 rings (SSSR count). The van der Waals surface area contributed by atoms with Crippen molar-refractivity contribution in [3.8, 4) is 0 Å². The van der Waals surface area contributed by atoms with Crippen LogP contribution in [-0.2, 0) is 30.1 Å². The molecular weight excluding hydrogens is 357 g/mol. The van der Waals surface area contributed by atoms with Crippen molar-refractivity contribution < 1.29 is 23.4 Å². The van der Waals surface area contributed by atoms with Crippen LogP contribution in [0.15, 0.2) is 12.7 Å². The lowest BCUT2D eigenvalue weighted by atomic mass is 10.1. The standard InChI is InChI=1S/C12H16N5O5PS/c1-5-8-9(22-23(24,19-2)21-5)7(18)12(20-8)17-4-16-6-10(13)14-3-15-11(6)17/h3-5,7-9,12,18H,1-2H3,(H2,13,14,15)/t5?,7-,8-,9+,12-,23?/m1/s1. The van der Waals surface area contributed by atoms with Crippen molar-refractivity contribution in [2.24, 2.45) is 0 Å². The highest BCUT2D eigenvalue weighted by Crippen LogP contribution is 2.58.